The van der Waals surface area contributed by atoms with Gasteiger partial charge in [-0.25, -0.2) is 4.79 Å². The number of hydrogen-bond donors (Lipinski definition) is 1. The predicted octanol–water partition coefficient (Wildman–Crippen LogP) is 2.26. The number of anilines is 1. The highest BCUT2D eigenvalue weighted by Crippen LogP contribution is 2.34. The van der Waals surface area contributed by atoms with Crippen molar-refractivity contribution < 1.29 is 14.3 Å². The van der Waals surface area contributed by atoms with Gasteiger partial charge in [0, 0.05) is 22.6 Å². The van der Waals surface area contributed by atoms with Crippen LogP contribution in [0.5, 0.6) is 5.75 Å². The average molecular weight is 254 g/mol. The van der Waals surface area contributed by atoms with Gasteiger partial charge in [0.2, 0.25) is 0 Å². The van der Waals surface area contributed by atoms with Gasteiger partial charge in [-0.05, 0) is 18.2 Å². The molecule has 1 aromatic carbocycles. The van der Waals surface area contributed by atoms with Gasteiger partial charge >= 0.3 is 5.97 Å². The molecule has 0 bridgehead atoms. The number of hydrogen-bond acceptors (Lipinski definition) is 4. The van der Waals surface area contributed by atoms with Gasteiger partial charge < -0.3 is 15.2 Å². The van der Waals surface area contributed by atoms with Gasteiger partial charge in [0.1, 0.15) is 5.75 Å². The van der Waals surface area contributed by atoms with Crippen LogP contribution in [0.3, 0.4) is 0 Å². The molecule has 0 saturated heterocycles. The highest BCUT2D eigenvalue weighted by atomic mass is 35.5. The molecule has 1 aromatic rings. The summed E-state index contributed by atoms with van der Waals surface area (Å²) in [6, 6.07) is 3.33. The van der Waals surface area contributed by atoms with E-state index in [9.17, 15) is 4.79 Å². The van der Waals surface area contributed by atoms with E-state index in [-0.39, 0.29) is 5.97 Å². The van der Waals surface area contributed by atoms with Crippen LogP contribution >= 0.6 is 11.6 Å². The van der Waals surface area contributed by atoms with Crippen molar-refractivity contribution in [3.05, 3.63) is 28.3 Å². The lowest BCUT2D eigenvalue weighted by Gasteiger charge is -2.09. The summed E-state index contributed by atoms with van der Waals surface area (Å²) in [7, 11) is 1.35. The zero-order valence-corrected chi connectivity index (χ0v) is 10.1. The zero-order chi connectivity index (χ0) is 12.4. The van der Waals surface area contributed by atoms with Crippen molar-refractivity contribution in [3.63, 3.8) is 0 Å². The number of carbonyl (C=O) groups excluding carboxylic acids is 1. The molecule has 2 N–H and O–H groups in total. The lowest BCUT2D eigenvalue weighted by Crippen LogP contribution is -2.07. The Morgan fingerprint density at radius 3 is 3.00 bits per heavy atom. The third kappa shape index (κ3) is 2.36. The number of ether oxygens (including phenoxy) is 2. The smallest absolute Gasteiger partial charge is 0.333 e. The van der Waals surface area contributed by atoms with E-state index in [1.54, 1.807) is 18.2 Å². The van der Waals surface area contributed by atoms with Crippen molar-refractivity contribution in [3.8, 4) is 5.75 Å². The molecule has 0 saturated carbocycles. The fraction of sp³-hybridized carbons (Fsp3) is 0.250. The van der Waals surface area contributed by atoms with Crippen LogP contribution in [0.25, 0.3) is 6.08 Å². The van der Waals surface area contributed by atoms with E-state index in [1.807, 2.05) is 0 Å². The topological polar surface area (TPSA) is 61.5 Å². The first-order valence-electron chi connectivity index (χ1n) is 5.12. The van der Waals surface area contributed by atoms with Gasteiger partial charge in [-0.1, -0.05) is 11.6 Å². The van der Waals surface area contributed by atoms with Crippen LogP contribution in [0.1, 0.15) is 12.0 Å². The van der Waals surface area contributed by atoms with E-state index in [4.69, 9.17) is 26.8 Å². The van der Waals surface area contributed by atoms with Crippen molar-refractivity contribution in [1.29, 1.82) is 0 Å². The molecule has 1 heterocycles. The minimum Gasteiger partial charge on any atom is -0.490 e. The number of rotatable bonds is 1. The predicted molar refractivity (Wildman–Crippen MR) is 66.0 cm³/mol. The number of halogens is 1. The molecule has 5 heteroatoms. The molecule has 4 nitrogen and oxygen atoms in total. The summed E-state index contributed by atoms with van der Waals surface area (Å²) in [5.41, 5.74) is 7.53. The number of nitrogen functional groups attached to an aromatic ring is 1. The highest BCUT2D eigenvalue weighted by Gasteiger charge is 2.17. The first-order valence-corrected chi connectivity index (χ1v) is 5.50. The van der Waals surface area contributed by atoms with Gasteiger partial charge in [-0.2, -0.15) is 0 Å². The molecule has 0 spiro atoms. The molecular formula is C12H12ClNO3. The van der Waals surface area contributed by atoms with Gasteiger partial charge in [0.05, 0.1) is 19.4 Å². The second-order valence-electron chi connectivity index (χ2n) is 3.67. The normalized spacial score (nSPS) is 14.1. The standard InChI is InChI=1S/C12H12ClNO3/c1-16-12(15)7-2-3-17-11-8(4-7)5-9(13)6-10(11)14/h4-6H,2-3,14H2,1H3. The quantitative estimate of drug-likeness (QED) is 0.616. The number of esters is 1. The first kappa shape index (κ1) is 11.8. The van der Waals surface area contributed by atoms with Crippen LogP contribution in [0.4, 0.5) is 5.69 Å². The summed E-state index contributed by atoms with van der Waals surface area (Å²) >= 11 is 5.92. The van der Waals surface area contributed by atoms with Crippen molar-refractivity contribution in [2.24, 2.45) is 0 Å². The first-order chi connectivity index (χ1) is 8.11. The van der Waals surface area contributed by atoms with Crippen molar-refractivity contribution >= 4 is 29.3 Å². The molecule has 0 atom stereocenters. The van der Waals surface area contributed by atoms with E-state index in [0.717, 1.165) is 0 Å². The number of nitrogens with two attached hydrogens (primary N) is 1. The Morgan fingerprint density at radius 1 is 1.53 bits per heavy atom. The summed E-state index contributed by atoms with van der Waals surface area (Å²) in [4.78, 5) is 11.5. The largest absolute Gasteiger partial charge is 0.490 e. The molecule has 1 aliphatic heterocycles. The minimum atomic E-state index is -0.361. The summed E-state index contributed by atoms with van der Waals surface area (Å²) in [5, 5.41) is 0.507. The molecule has 0 aliphatic carbocycles. The van der Waals surface area contributed by atoms with Crippen LogP contribution in [-0.2, 0) is 9.53 Å². The van der Waals surface area contributed by atoms with Gasteiger partial charge in [0.15, 0.2) is 0 Å². The Kier molecular flexibility index (Phi) is 3.24. The highest BCUT2D eigenvalue weighted by molar-refractivity contribution is 6.31. The van der Waals surface area contributed by atoms with Crippen LogP contribution in [0.15, 0.2) is 17.7 Å². The SMILES string of the molecule is COC(=O)C1=Cc2cc(Cl)cc(N)c2OCC1. The third-order valence-corrected chi connectivity index (χ3v) is 2.72. The Morgan fingerprint density at radius 2 is 2.29 bits per heavy atom. The lowest BCUT2D eigenvalue weighted by molar-refractivity contribution is -0.136. The summed E-state index contributed by atoms with van der Waals surface area (Å²) in [6.45, 7) is 0.389. The summed E-state index contributed by atoms with van der Waals surface area (Å²) < 4.78 is 10.2. The Balaban J connectivity index is 2.50. The van der Waals surface area contributed by atoms with Gasteiger partial charge in [-0.3, -0.25) is 0 Å². The van der Waals surface area contributed by atoms with Crippen molar-refractivity contribution in [2.45, 2.75) is 6.42 Å². The zero-order valence-electron chi connectivity index (χ0n) is 9.33. The maximum Gasteiger partial charge on any atom is 0.333 e. The molecule has 0 amide bonds. The molecule has 0 radical (unpaired) electrons. The Bertz CT molecular complexity index is 497. The second-order valence-corrected chi connectivity index (χ2v) is 4.11. The van der Waals surface area contributed by atoms with Crippen LogP contribution < -0.4 is 10.5 Å². The lowest BCUT2D eigenvalue weighted by atomic mass is 10.1. The monoisotopic (exact) mass is 253 g/mol. The van der Waals surface area contributed by atoms with E-state index < -0.39 is 0 Å². The van der Waals surface area contributed by atoms with Crippen molar-refractivity contribution in [1.82, 2.24) is 0 Å². The van der Waals surface area contributed by atoms with E-state index in [1.165, 1.54) is 7.11 Å². The van der Waals surface area contributed by atoms with Crippen LogP contribution in [-0.4, -0.2) is 19.7 Å². The number of carbonyl (C=O) groups is 1. The molecule has 0 fully saturated rings. The molecule has 1 aliphatic rings. The third-order valence-electron chi connectivity index (χ3n) is 2.51. The number of benzene rings is 1. The van der Waals surface area contributed by atoms with E-state index in [0.29, 0.717) is 40.6 Å². The maximum atomic E-state index is 11.5. The molecule has 0 unspecified atom stereocenters. The fourth-order valence-electron chi connectivity index (χ4n) is 1.73. The van der Waals surface area contributed by atoms with Gasteiger partial charge in [-0.15, -0.1) is 0 Å². The molecular weight excluding hydrogens is 242 g/mol. The number of methoxy groups -OCH3 is 1. The second kappa shape index (κ2) is 4.67. The fourth-order valence-corrected chi connectivity index (χ4v) is 1.96. The van der Waals surface area contributed by atoms with Crippen molar-refractivity contribution in [2.75, 3.05) is 19.5 Å². The summed E-state index contributed by atoms with van der Waals surface area (Å²) in [5.74, 6) is 0.202. The molecule has 90 valence electrons. The maximum absolute atomic E-state index is 11.5. The minimum absolute atomic E-state index is 0.361. The Hall–Kier alpha value is -1.68. The Labute approximate surface area is 104 Å². The van der Waals surface area contributed by atoms with Crippen LogP contribution in [0, 0.1) is 0 Å². The van der Waals surface area contributed by atoms with E-state index >= 15 is 0 Å². The number of fused-ring (bicyclic) bond motifs is 1. The van der Waals surface area contributed by atoms with E-state index in [2.05, 4.69) is 0 Å². The molecule has 0 aromatic heterocycles. The summed E-state index contributed by atoms with van der Waals surface area (Å²) in [6.07, 6.45) is 2.19. The van der Waals surface area contributed by atoms with Crippen LogP contribution in [0.2, 0.25) is 5.02 Å². The van der Waals surface area contributed by atoms with Gasteiger partial charge in [0.25, 0.3) is 0 Å². The average Bonchev–Trinajstić information content (AvgIpc) is 2.50. The molecule has 2 rings (SSSR count). The molecule has 17 heavy (non-hydrogen) atoms.